The summed E-state index contributed by atoms with van der Waals surface area (Å²) in [7, 11) is 0. The lowest BCUT2D eigenvalue weighted by molar-refractivity contribution is 0.246. The maximum atomic E-state index is 5.44. The molecule has 0 unspecified atom stereocenters. The van der Waals surface area contributed by atoms with E-state index in [0.717, 1.165) is 35.0 Å². The Balaban J connectivity index is 1.26. The van der Waals surface area contributed by atoms with Gasteiger partial charge in [-0.05, 0) is 91.9 Å². The first kappa shape index (κ1) is 16.6. The lowest BCUT2D eigenvalue weighted by Crippen LogP contribution is -2.45. The highest BCUT2D eigenvalue weighted by molar-refractivity contribution is 7.80. The summed E-state index contributed by atoms with van der Waals surface area (Å²) in [6.07, 6.45) is 10.5. The molecule has 5 atom stereocenters. The maximum Gasteiger partial charge on any atom is 0.187 e. The molecule has 1 aromatic carbocycles. The highest BCUT2D eigenvalue weighted by Crippen LogP contribution is 2.56. The lowest BCUT2D eigenvalue weighted by Gasteiger charge is -2.32. The molecule has 0 radical (unpaired) electrons. The van der Waals surface area contributed by atoms with Crippen LogP contribution >= 0.6 is 12.2 Å². The summed E-state index contributed by atoms with van der Waals surface area (Å²) in [5.41, 5.74) is 3.97. The number of hydrazone groups is 1. The van der Waals surface area contributed by atoms with Gasteiger partial charge < -0.3 is 10.1 Å². The molecular weight excluding hydrogens is 330 g/mol. The molecule has 1 aromatic rings. The van der Waals surface area contributed by atoms with Gasteiger partial charge in [-0.25, -0.2) is 0 Å². The third-order valence-corrected chi connectivity index (χ3v) is 6.11. The van der Waals surface area contributed by atoms with Gasteiger partial charge >= 0.3 is 0 Å². The number of hydrogen-bond acceptors (Lipinski definition) is 3. The summed E-state index contributed by atoms with van der Waals surface area (Å²) in [5.74, 6) is 4.16. The van der Waals surface area contributed by atoms with Gasteiger partial charge in [-0.1, -0.05) is 12.2 Å². The standard InChI is InChI=1S/C20H25N3OS/c1-2-24-15-8-6-13(7-9-15)12-21-23-20(25)22-19-11-14-10-18(19)17-5-3-4-16(14)17/h3,5-9,12,14,16-19H,2,4,10-11H2,1H3,(H2,22,23,25)/b21-12-/t14-,16-,17+,18+,19+/m1/s1. The molecule has 132 valence electrons. The fourth-order valence-electron chi connectivity index (χ4n) is 4.89. The van der Waals surface area contributed by atoms with Gasteiger partial charge in [0.15, 0.2) is 5.11 Å². The fraction of sp³-hybridized carbons (Fsp3) is 0.500. The molecule has 25 heavy (non-hydrogen) atoms. The second kappa shape index (κ2) is 7.16. The Labute approximate surface area is 154 Å². The molecule has 2 N–H and O–H groups in total. The summed E-state index contributed by atoms with van der Waals surface area (Å²) in [5, 5.41) is 8.37. The Morgan fingerprint density at radius 1 is 1.28 bits per heavy atom. The van der Waals surface area contributed by atoms with Gasteiger partial charge in [0.05, 0.1) is 12.8 Å². The van der Waals surface area contributed by atoms with Gasteiger partial charge in [0, 0.05) is 6.04 Å². The Morgan fingerprint density at radius 2 is 2.12 bits per heavy atom. The average Bonchev–Trinajstić information content (AvgIpc) is 3.29. The van der Waals surface area contributed by atoms with Crippen molar-refractivity contribution in [1.29, 1.82) is 0 Å². The molecule has 5 heteroatoms. The number of rotatable bonds is 5. The van der Waals surface area contributed by atoms with E-state index < -0.39 is 0 Å². The van der Waals surface area contributed by atoms with Crippen LogP contribution < -0.4 is 15.5 Å². The van der Waals surface area contributed by atoms with Crippen LogP contribution in [-0.4, -0.2) is 24.0 Å². The number of benzene rings is 1. The van der Waals surface area contributed by atoms with Crippen LogP contribution in [-0.2, 0) is 0 Å². The highest BCUT2D eigenvalue weighted by atomic mass is 32.1. The van der Waals surface area contributed by atoms with E-state index in [0.29, 0.717) is 17.8 Å². The number of hydrogen-bond donors (Lipinski definition) is 2. The zero-order valence-corrected chi connectivity index (χ0v) is 15.3. The monoisotopic (exact) mass is 355 g/mol. The summed E-state index contributed by atoms with van der Waals surface area (Å²) in [6, 6.07) is 8.35. The molecule has 4 nitrogen and oxygen atoms in total. The smallest absolute Gasteiger partial charge is 0.187 e. The van der Waals surface area contributed by atoms with Crippen LogP contribution in [0, 0.1) is 23.7 Å². The first-order valence-electron chi connectivity index (χ1n) is 9.23. The SMILES string of the molecule is CCOc1ccc(/C=N\NC(=S)N[C@H]2C[C@H]3C[C@H]2[C@H]2C=CC[C@H]32)cc1. The van der Waals surface area contributed by atoms with Crippen molar-refractivity contribution in [3.8, 4) is 5.75 Å². The van der Waals surface area contributed by atoms with E-state index >= 15 is 0 Å². The number of thiocarbonyl (C=S) groups is 1. The van der Waals surface area contributed by atoms with Crippen molar-refractivity contribution < 1.29 is 4.74 Å². The third kappa shape index (κ3) is 3.43. The van der Waals surface area contributed by atoms with Crippen LogP contribution in [0.4, 0.5) is 0 Å². The quantitative estimate of drug-likeness (QED) is 0.367. The van der Waals surface area contributed by atoms with Crippen molar-refractivity contribution in [3.63, 3.8) is 0 Å². The fourth-order valence-corrected chi connectivity index (χ4v) is 5.10. The van der Waals surface area contributed by atoms with E-state index in [1.165, 1.54) is 19.3 Å². The molecule has 2 fully saturated rings. The molecule has 0 saturated heterocycles. The Bertz CT molecular complexity index is 685. The van der Waals surface area contributed by atoms with E-state index in [2.05, 4.69) is 28.0 Å². The molecule has 2 bridgehead atoms. The lowest BCUT2D eigenvalue weighted by atomic mass is 9.79. The van der Waals surface area contributed by atoms with Crippen LogP contribution in [0.15, 0.2) is 41.5 Å². The minimum atomic E-state index is 0.495. The maximum absolute atomic E-state index is 5.44. The first-order valence-corrected chi connectivity index (χ1v) is 9.64. The number of nitrogens with zero attached hydrogens (tertiary/aromatic N) is 1. The number of allylic oxidation sites excluding steroid dienone is 2. The molecule has 4 rings (SSSR count). The van der Waals surface area contributed by atoms with E-state index in [4.69, 9.17) is 17.0 Å². The summed E-state index contributed by atoms with van der Waals surface area (Å²) < 4.78 is 5.44. The van der Waals surface area contributed by atoms with Gasteiger partial charge in [0.1, 0.15) is 5.75 Å². The number of fused-ring (bicyclic) bond motifs is 5. The average molecular weight is 356 g/mol. The van der Waals surface area contributed by atoms with Gasteiger partial charge in [-0.15, -0.1) is 0 Å². The topological polar surface area (TPSA) is 45.6 Å². The van der Waals surface area contributed by atoms with Crippen LogP contribution in [0.5, 0.6) is 5.75 Å². The van der Waals surface area contributed by atoms with Crippen LogP contribution in [0.25, 0.3) is 0 Å². The van der Waals surface area contributed by atoms with Crippen LogP contribution in [0.2, 0.25) is 0 Å². The van der Waals surface area contributed by atoms with Gasteiger partial charge in [-0.2, -0.15) is 5.10 Å². The first-order chi connectivity index (χ1) is 12.2. The van der Waals surface area contributed by atoms with E-state index in [-0.39, 0.29) is 0 Å². The van der Waals surface area contributed by atoms with Crippen LogP contribution in [0.3, 0.4) is 0 Å². The molecule has 2 saturated carbocycles. The molecular formula is C20H25N3OS. The van der Waals surface area contributed by atoms with Crippen molar-refractivity contribution in [2.75, 3.05) is 6.61 Å². The molecule has 3 aliphatic rings. The zero-order chi connectivity index (χ0) is 17.2. The summed E-state index contributed by atoms with van der Waals surface area (Å²) in [4.78, 5) is 0. The normalized spacial score (nSPS) is 32.1. The number of ether oxygens (including phenoxy) is 1. The number of nitrogens with one attached hydrogen (secondary N) is 2. The summed E-state index contributed by atoms with van der Waals surface area (Å²) >= 11 is 5.42. The second-order valence-electron chi connectivity index (χ2n) is 7.25. The predicted octanol–water partition coefficient (Wildman–Crippen LogP) is 3.48. The van der Waals surface area contributed by atoms with Crippen LogP contribution in [0.1, 0.15) is 31.7 Å². The molecule has 0 spiro atoms. The van der Waals surface area contributed by atoms with E-state index in [1.54, 1.807) is 6.21 Å². The van der Waals surface area contributed by atoms with Crippen molar-refractivity contribution in [1.82, 2.24) is 10.7 Å². The van der Waals surface area contributed by atoms with Crippen molar-refractivity contribution in [3.05, 3.63) is 42.0 Å². The van der Waals surface area contributed by atoms with E-state index in [1.807, 2.05) is 31.2 Å². The second-order valence-corrected chi connectivity index (χ2v) is 7.66. The van der Waals surface area contributed by atoms with Gasteiger partial charge in [0.2, 0.25) is 0 Å². The molecule has 0 heterocycles. The van der Waals surface area contributed by atoms with Gasteiger partial charge in [0.25, 0.3) is 0 Å². The molecule has 0 amide bonds. The zero-order valence-electron chi connectivity index (χ0n) is 14.5. The molecule has 3 aliphatic carbocycles. The highest BCUT2D eigenvalue weighted by Gasteiger charge is 2.52. The summed E-state index contributed by atoms with van der Waals surface area (Å²) in [6.45, 7) is 2.65. The van der Waals surface area contributed by atoms with Crippen molar-refractivity contribution >= 4 is 23.5 Å². The molecule has 0 aromatic heterocycles. The minimum Gasteiger partial charge on any atom is -0.494 e. The van der Waals surface area contributed by atoms with E-state index in [9.17, 15) is 0 Å². The largest absolute Gasteiger partial charge is 0.494 e. The Hall–Kier alpha value is -1.88. The molecule has 0 aliphatic heterocycles. The minimum absolute atomic E-state index is 0.495. The predicted molar refractivity (Wildman–Crippen MR) is 105 cm³/mol. The van der Waals surface area contributed by atoms with Crippen molar-refractivity contribution in [2.45, 2.75) is 32.2 Å². The van der Waals surface area contributed by atoms with Gasteiger partial charge in [-0.3, -0.25) is 5.43 Å². The third-order valence-electron chi connectivity index (χ3n) is 5.90. The Morgan fingerprint density at radius 3 is 2.92 bits per heavy atom. The Kier molecular flexibility index (Phi) is 4.75. The van der Waals surface area contributed by atoms with Crippen molar-refractivity contribution in [2.24, 2.45) is 28.8 Å².